The van der Waals surface area contributed by atoms with Crippen LogP contribution in [0.25, 0.3) is 0 Å². The highest BCUT2D eigenvalue weighted by atomic mass is 79.9. The first-order valence-electron chi connectivity index (χ1n) is 5.34. The Morgan fingerprint density at radius 1 is 1.05 bits per heavy atom. The highest BCUT2D eigenvalue weighted by molar-refractivity contribution is 9.10. The molecule has 19 heavy (non-hydrogen) atoms. The molecule has 0 bridgehead atoms. The smallest absolute Gasteiger partial charge is 0.308 e. The molecule has 0 aromatic heterocycles. The maximum Gasteiger partial charge on any atom is 0.323 e. The van der Waals surface area contributed by atoms with Crippen LogP contribution in [0.5, 0.6) is 0 Å². The van der Waals surface area contributed by atoms with E-state index in [0.29, 0.717) is 5.69 Å². The Hall–Kier alpha value is -1.95. The number of carbonyl (C=O) groups excluding carboxylic acids is 1. The molecule has 0 heterocycles. The fraction of sp³-hybridized carbons (Fsp3) is 0. The molecule has 3 nitrogen and oxygen atoms in total. The van der Waals surface area contributed by atoms with Crippen molar-refractivity contribution in [1.29, 1.82) is 0 Å². The molecule has 0 atom stereocenters. The summed E-state index contributed by atoms with van der Waals surface area (Å²) in [5.74, 6) is -2.10. The van der Waals surface area contributed by atoms with Gasteiger partial charge in [0.2, 0.25) is 0 Å². The van der Waals surface area contributed by atoms with Gasteiger partial charge in [-0.2, -0.15) is 0 Å². The van der Waals surface area contributed by atoms with Crippen LogP contribution in [-0.2, 0) is 0 Å². The lowest BCUT2D eigenvalue weighted by atomic mass is 10.3. The number of benzene rings is 2. The maximum absolute atomic E-state index is 13.3. The molecule has 0 fully saturated rings. The molecule has 0 aliphatic rings. The van der Waals surface area contributed by atoms with Crippen LogP contribution in [0.15, 0.2) is 46.9 Å². The number of halogens is 3. The average molecular weight is 327 g/mol. The molecule has 6 heteroatoms. The second-order valence-corrected chi connectivity index (χ2v) is 4.61. The second kappa shape index (κ2) is 5.79. The minimum absolute atomic E-state index is 0.215. The van der Waals surface area contributed by atoms with E-state index >= 15 is 0 Å². The number of amides is 2. The van der Waals surface area contributed by atoms with Crippen molar-refractivity contribution in [2.24, 2.45) is 0 Å². The summed E-state index contributed by atoms with van der Waals surface area (Å²) in [5, 5.41) is 4.75. The zero-order valence-corrected chi connectivity index (χ0v) is 11.2. The molecule has 0 unspecified atom stereocenters. The van der Waals surface area contributed by atoms with E-state index in [0.717, 1.165) is 10.5 Å². The van der Waals surface area contributed by atoms with Crippen molar-refractivity contribution >= 4 is 33.3 Å². The molecule has 0 aliphatic heterocycles. The van der Waals surface area contributed by atoms with Crippen LogP contribution in [0.1, 0.15) is 0 Å². The Labute approximate surface area is 116 Å². The van der Waals surface area contributed by atoms with Crippen molar-refractivity contribution in [1.82, 2.24) is 0 Å². The quantitative estimate of drug-likeness (QED) is 0.845. The van der Waals surface area contributed by atoms with Gasteiger partial charge in [0.25, 0.3) is 0 Å². The Morgan fingerprint density at radius 3 is 2.53 bits per heavy atom. The predicted octanol–water partition coefficient (Wildman–Crippen LogP) is 4.37. The number of urea groups is 1. The summed E-state index contributed by atoms with van der Waals surface area (Å²) in [6.45, 7) is 0. The van der Waals surface area contributed by atoms with Gasteiger partial charge in [-0.15, -0.1) is 0 Å². The molecule has 2 N–H and O–H groups in total. The molecule has 0 aliphatic carbocycles. The number of carbonyl (C=O) groups is 1. The van der Waals surface area contributed by atoms with Crippen molar-refractivity contribution in [3.8, 4) is 0 Å². The highest BCUT2D eigenvalue weighted by Gasteiger charge is 2.10. The monoisotopic (exact) mass is 326 g/mol. The van der Waals surface area contributed by atoms with Gasteiger partial charge in [0.15, 0.2) is 11.6 Å². The molecule has 2 aromatic carbocycles. The SMILES string of the molecule is O=C(Nc1cccc(Br)c1)Nc1cccc(F)c1F. The second-order valence-electron chi connectivity index (χ2n) is 3.69. The van der Waals surface area contributed by atoms with Gasteiger partial charge in [0, 0.05) is 10.2 Å². The van der Waals surface area contributed by atoms with Crippen LogP contribution < -0.4 is 10.6 Å². The summed E-state index contributed by atoms with van der Waals surface area (Å²) in [4.78, 5) is 11.6. The number of hydrogen-bond acceptors (Lipinski definition) is 1. The topological polar surface area (TPSA) is 41.1 Å². The summed E-state index contributed by atoms with van der Waals surface area (Å²) < 4.78 is 27.1. The fourth-order valence-corrected chi connectivity index (χ4v) is 1.85. The van der Waals surface area contributed by atoms with Gasteiger partial charge in [0.05, 0.1) is 5.69 Å². The number of rotatable bonds is 2. The Morgan fingerprint density at radius 2 is 1.79 bits per heavy atom. The summed E-state index contributed by atoms with van der Waals surface area (Å²) >= 11 is 3.26. The van der Waals surface area contributed by atoms with Crippen molar-refractivity contribution < 1.29 is 13.6 Å². The van der Waals surface area contributed by atoms with Crippen molar-refractivity contribution in [3.05, 3.63) is 58.6 Å². The van der Waals surface area contributed by atoms with Crippen LogP contribution in [0.3, 0.4) is 0 Å². The van der Waals surface area contributed by atoms with E-state index in [2.05, 4.69) is 26.6 Å². The number of hydrogen-bond donors (Lipinski definition) is 2. The largest absolute Gasteiger partial charge is 0.323 e. The van der Waals surface area contributed by atoms with E-state index in [-0.39, 0.29) is 5.69 Å². The third-order valence-electron chi connectivity index (χ3n) is 2.28. The summed E-state index contributed by atoms with van der Waals surface area (Å²) in [7, 11) is 0. The van der Waals surface area contributed by atoms with Gasteiger partial charge >= 0.3 is 6.03 Å². The third kappa shape index (κ3) is 3.51. The molecule has 98 valence electrons. The zero-order chi connectivity index (χ0) is 13.8. The predicted molar refractivity (Wildman–Crippen MR) is 73.1 cm³/mol. The lowest BCUT2D eigenvalue weighted by Gasteiger charge is -2.08. The Balaban J connectivity index is 2.08. The lowest BCUT2D eigenvalue weighted by Crippen LogP contribution is -2.20. The van der Waals surface area contributed by atoms with E-state index in [4.69, 9.17) is 0 Å². The first-order valence-corrected chi connectivity index (χ1v) is 6.13. The molecule has 2 amide bonds. The molecule has 0 radical (unpaired) electrons. The molecule has 2 rings (SSSR count). The molecule has 0 saturated heterocycles. The van der Waals surface area contributed by atoms with Crippen LogP contribution in [0, 0.1) is 11.6 Å². The van der Waals surface area contributed by atoms with E-state index in [1.807, 2.05) is 0 Å². The summed E-state index contributed by atoms with van der Waals surface area (Å²) in [5.41, 5.74) is 0.316. The van der Waals surface area contributed by atoms with Gasteiger partial charge < -0.3 is 10.6 Å². The van der Waals surface area contributed by atoms with Gasteiger partial charge in [0.1, 0.15) is 0 Å². The van der Waals surface area contributed by atoms with E-state index in [1.54, 1.807) is 24.3 Å². The molecular formula is C13H9BrF2N2O. The Kier molecular flexibility index (Phi) is 4.11. The van der Waals surface area contributed by atoms with Crippen molar-refractivity contribution in [2.75, 3.05) is 10.6 Å². The van der Waals surface area contributed by atoms with Gasteiger partial charge in [-0.3, -0.25) is 0 Å². The zero-order valence-electron chi connectivity index (χ0n) is 9.58. The third-order valence-corrected chi connectivity index (χ3v) is 2.78. The molecule has 2 aromatic rings. The first-order chi connectivity index (χ1) is 9.06. The normalized spacial score (nSPS) is 10.1. The Bertz CT molecular complexity index is 619. The van der Waals surface area contributed by atoms with Gasteiger partial charge in [-0.25, -0.2) is 13.6 Å². The van der Waals surface area contributed by atoms with Crippen LogP contribution in [0.2, 0.25) is 0 Å². The minimum Gasteiger partial charge on any atom is -0.308 e. The van der Waals surface area contributed by atoms with Crippen LogP contribution >= 0.6 is 15.9 Å². The number of nitrogens with one attached hydrogen (secondary N) is 2. The minimum atomic E-state index is -1.09. The van der Waals surface area contributed by atoms with Crippen molar-refractivity contribution in [2.45, 2.75) is 0 Å². The highest BCUT2D eigenvalue weighted by Crippen LogP contribution is 2.18. The maximum atomic E-state index is 13.3. The fourth-order valence-electron chi connectivity index (χ4n) is 1.45. The van der Waals surface area contributed by atoms with Crippen molar-refractivity contribution in [3.63, 3.8) is 0 Å². The first kappa shape index (κ1) is 13.5. The van der Waals surface area contributed by atoms with Gasteiger partial charge in [-0.1, -0.05) is 28.1 Å². The number of anilines is 2. The van der Waals surface area contributed by atoms with Gasteiger partial charge in [-0.05, 0) is 30.3 Å². The summed E-state index contributed by atoms with van der Waals surface area (Å²) in [6, 6.07) is 9.81. The van der Waals surface area contributed by atoms with Crippen LogP contribution in [-0.4, -0.2) is 6.03 Å². The lowest BCUT2D eigenvalue weighted by molar-refractivity contribution is 0.262. The molecular weight excluding hydrogens is 318 g/mol. The van der Waals surface area contributed by atoms with E-state index in [9.17, 15) is 13.6 Å². The summed E-state index contributed by atoms with van der Waals surface area (Å²) in [6.07, 6.45) is 0. The van der Waals surface area contributed by atoms with E-state index in [1.165, 1.54) is 12.1 Å². The standard InChI is InChI=1S/C13H9BrF2N2O/c14-8-3-1-4-9(7-8)17-13(19)18-11-6-2-5-10(15)12(11)16/h1-7H,(H2,17,18,19). The van der Waals surface area contributed by atoms with E-state index < -0.39 is 17.7 Å². The molecule has 0 saturated carbocycles. The van der Waals surface area contributed by atoms with Crippen LogP contribution in [0.4, 0.5) is 25.0 Å². The average Bonchev–Trinajstić information content (AvgIpc) is 2.35. The molecule has 0 spiro atoms.